The van der Waals surface area contributed by atoms with Crippen LogP contribution >= 0.6 is 15.9 Å². The summed E-state index contributed by atoms with van der Waals surface area (Å²) in [6.07, 6.45) is -5.12. The lowest BCUT2D eigenvalue weighted by molar-refractivity contribution is -0.203. The molecule has 2 N–H and O–H groups in total. The van der Waals surface area contributed by atoms with Crippen molar-refractivity contribution in [2.75, 3.05) is 0 Å². The Morgan fingerprint density at radius 3 is 2.25 bits per heavy atom. The Balaban J connectivity index is 3.13. The van der Waals surface area contributed by atoms with Gasteiger partial charge in [-0.05, 0) is 47.5 Å². The van der Waals surface area contributed by atoms with Gasteiger partial charge in [0.1, 0.15) is 0 Å². The fourth-order valence-electron chi connectivity index (χ4n) is 1.34. The van der Waals surface area contributed by atoms with Crippen LogP contribution in [-0.2, 0) is 4.79 Å². The van der Waals surface area contributed by atoms with E-state index in [-0.39, 0.29) is 10.0 Å². The van der Waals surface area contributed by atoms with Gasteiger partial charge in [0.05, 0.1) is 5.56 Å². The van der Waals surface area contributed by atoms with Crippen LogP contribution in [0, 0.1) is 6.92 Å². The number of carbonyl (C=O) groups excluding carboxylic acids is 1. The Kier molecular flexibility index (Phi) is 4.48. The summed E-state index contributed by atoms with van der Waals surface area (Å²) in [5.41, 5.74) is -2.63. The van der Waals surface area contributed by atoms with Crippen molar-refractivity contribution < 1.29 is 27.9 Å². The van der Waals surface area contributed by atoms with E-state index in [1.807, 2.05) is 0 Å². The summed E-state index contributed by atoms with van der Waals surface area (Å²) in [6, 6.07) is 4.39. The molecule has 1 atom stereocenters. The monoisotopic (exact) mass is 353 g/mol. The maximum atomic E-state index is 12.8. The highest BCUT2D eigenvalue weighted by Crippen LogP contribution is 2.31. The van der Waals surface area contributed by atoms with Gasteiger partial charge in [-0.25, -0.2) is 4.79 Å². The molecule has 110 valence electrons. The minimum atomic E-state index is -5.12. The number of hydrogen-bond acceptors (Lipinski definition) is 2. The number of aryl methyl sites for hydroxylation is 1. The molecule has 0 aliphatic carbocycles. The first kappa shape index (κ1) is 16.5. The van der Waals surface area contributed by atoms with Crippen LogP contribution < -0.4 is 5.32 Å². The van der Waals surface area contributed by atoms with E-state index in [0.29, 0.717) is 6.92 Å². The lowest BCUT2D eigenvalue weighted by Crippen LogP contribution is -2.61. The predicted octanol–water partition coefficient (Wildman–Crippen LogP) is 2.89. The number of nitrogens with one attached hydrogen (secondary N) is 1. The van der Waals surface area contributed by atoms with Gasteiger partial charge in [-0.3, -0.25) is 4.79 Å². The molecule has 0 bridgehead atoms. The molecule has 1 rings (SSSR count). The molecule has 0 aromatic heterocycles. The molecule has 0 aliphatic rings. The minimum Gasteiger partial charge on any atom is -0.479 e. The fraction of sp³-hybridized carbons (Fsp3) is 0.333. The predicted molar refractivity (Wildman–Crippen MR) is 68.4 cm³/mol. The van der Waals surface area contributed by atoms with Crippen LogP contribution in [0.1, 0.15) is 22.8 Å². The topological polar surface area (TPSA) is 66.4 Å². The Morgan fingerprint density at radius 2 is 1.85 bits per heavy atom. The number of alkyl halides is 3. The summed E-state index contributed by atoms with van der Waals surface area (Å²) in [5.74, 6) is -3.30. The number of carboxylic acid groups (broad SMARTS) is 1. The maximum absolute atomic E-state index is 12.8. The summed E-state index contributed by atoms with van der Waals surface area (Å²) < 4.78 is 38.6. The molecule has 0 spiro atoms. The number of carboxylic acids is 1. The van der Waals surface area contributed by atoms with Gasteiger partial charge in [-0.1, -0.05) is 6.07 Å². The third kappa shape index (κ3) is 3.12. The van der Waals surface area contributed by atoms with Gasteiger partial charge in [0.25, 0.3) is 5.91 Å². The third-order valence-corrected chi connectivity index (χ3v) is 3.38. The molecule has 8 heteroatoms. The van der Waals surface area contributed by atoms with E-state index in [2.05, 4.69) is 15.9 Å². The molecular formula is C12H11BrF3NO3. The van der Waals surface area contributed by atoms with Crippen molar-refractivity contribution in [1.82, 2.24) is 5.32 Å². The maximum Gasteiger partial charge on any atom is 0.422 e. The van der Waals surface area contributed by atoms with Crippen molar-refractivity contribution in [3.63, 3.8) is 0 Å². The van der Waals surface area contributed by atoms with Crippen LogP contribution in [0.4, 0.5) is 13.2 Å². The normalized spacial score (nSPS) is 14.5. The van der Waals surface area contributed by atoms with Gasteiger partial charge in [-0.15, -0.1) is 0 Å². The molecule has 0 heterocycles. The Hall–Kier alpha value is -1.57. The van der Waals surface area contributed by atoms with Gasteiger partial charge in [0.15, 0.2) is 0 Å². The Morgan fingerprint density at radius 1 is 1.30 bits per heavy atom. The summed E-state index contributed by atoms with van der Waals surface area (Å²) in [4.78, 5) is 22.7. The van der Waals surface area contributed by atoms with E-state index in [4.69, 9.17) is 5.11 Å². The number of carbonyl (C=O) groups is 2. The van der Waals surface area contributed by atoms with Crippen molar-refractivity contribution in [3.05, 3.63) is 33.8 Å². The van der Waals surface area contributed by atoms with Crippen LogP contribution in [0.5, 0.6) is 0 Å². The van der Waals surface area contributed by atoms with E-state index in [0.717, 1.165) is 5.56 Å². The summed E-state index contributed by atoms with van der Waals surface area (Å²) in [7, 11) is 0. The molecule has 1 amide bonds. The standard InChI is InChI=1S/C12H11BrF3NO3/c1-6-3-4-7(8(13)5-6)9(18)17-11(2,10(19)20)12(14,15)16/h3-5H,1-2H3,(H,17,18)(H,19,20). The summed E-state index contributed by atoms with van der Waals surface area (Å²) >= 11 is 3.05. The molecule has 0 fully saturated rings. The lowest BCUT2D eigenvalue weighted by Gasteiger charge is -2.28. The number of rotatable bonds is 3. The first-order valence-corrected chi connectivity index (χ1v) is 6.17. The van der Waals surface area contributed by atoms with E-state index in [9.17, 15) is 22.8 Å². The highest BCUT2D eigenvalue weighted by molar-refractivity contribution is 9.10. The second kappa shape index (κ2) is 5.43. The third-order valence-electron chi connectivity index (χ3n) is 2.73. The van der Waals surface area contributed by atoms with Crippen molar-refractivity contribution in [2.45, 2.75) is 25.6 Å². The number of amides is 1. The smallest absolute Gasteiger partial charge is 0.422 e. The fourth-order valence-corrected chi connectivity index (χ4v) is 2.02. The van der Waals surface area contributed by atoms with Gasteiger partial charge >= 0.3 is 12.1 Å². The Bertz CT molecular complexity index is 559. The molecule has 1 aromatic carbocycles. The minimum absolute atomic E-state index is 0.0766. The number of aliphatic carboxylic acids is 1. The van der Waals surface area contributed by atoms with Crippen molar-refractivity contribution in [2.24, 2.45) is 0 Å². The van der Waals surface area contributed by atoms with Crippen LogP contribution in [0.15, 0.2) is 22.7 Å². The van der Waals surface area contributed by atoms with Crippen LogP contribution in [0.3, 0.4) is 0 Å². The van der Waals surface area contributed by atoms with Crippen LogP contribution in [0.25, 0.3) is 0 Å². The van der Waals surface area contributed by atoms with Crippen molar-refractivity contribution >= 4 is 27.8 Å². The van der Waals surface area contributed by atoms with Gasteiger partial charge < -0.3 is 10.4 Å². The van der Waals surface area contributed by atoms with E-state index in [1.54, 1.807) is 13.0 Å². The van der Waals surface area contributed by atoms with E-state index >= 15 is 0 Å². The van der Waals surface area contributed by atoms with Gasteiger partial charge in [0, 0.05) is 4.47 Å². The molecule has 0 aliphatic heterocycles. The van der Waals surface area contributed by atoms with Crippen LogP contribution in [0.2, 0.25) is 0 Å². The largest absolute Gasteiger partial charge is 0.479 e. The average molecular weight is 354 g/mol. The number of halogens is 4. The zero-order chi connectivity index (χ0) is 15.7. The van der Waals surface area contributed by atoms with Crippen molar-refractivity contribution in [3.8, 4) is 0 Å². The SMILES string of the molecule is Cc1ccc(C(=O)NC(C)(C(=O)O)C(F)(F)F)c(Br)c1. The Labute approximate surface area is 121 Å². The molecule has 0 radical (unpaired) electrons. The number of hydrogen-bond donors (Lipinski definition) is 2. The summed E-state index contributed by atoms with van der Waals surface area (Å²) in [6.45, 7) is 2.14. The second-order valence-corrected chi connectivity index (χ2v) is 5.22. The molecule has 0 saturated carbocycles. The van der Waals surface area contributed by atoms with E-state index < -0.39 is 23.6 Å². The first-order chi connectivity index (χ1) is 8.99. The highest BCUT2D eigenvalue weighted by Gasteiger charge is 2.58. The summed E-state index contributed by atoms with van der Waals surface area (Å²) in [5, 5.41) is 10.2. The van der Waals surface area contributed by atoms with Crippen LogP contribution in [-0.4, -0.2) is 28.7 Å². The molecule has 20 heavy (non-hydrogen) atoms. The quantitative estimate of drug-likeness (QED) is 0.877. The van der Waals surface area contributed by atoms with Gasteiger partial charge in [-0.2, -0.15) is 13.2 Å². The first-order valence-electron chi connectivity index (χ1n) is 5.38. The zero-order valence-electron chi connectivity index (χ0n) is 10.5. The van der Waals surface area contributed by atoms with Crippen molar-refractivity contribution in [1.29, 1.82) is 0 Å². The molecule has 4 nitrogen and oxygen atoms in total. The molecule has 1 unspecified atom stereocenters. The van der Waals surface area contributed by atoms with Gasteiger partial charge in [0.2, 0.25) is 5.54 Å². The second-order valence-electron chi connectivity index (χ2n) is 4.37. The number of benzene rings is 1. The lowest BCUT2D eigenvalue weighted by atomic mass is 10.0. The van der Waals surface area contributed by atoms with E-state index in [1.165, 1.54) is 17.4 Å². The molecular weight excluding hydrogens is 343 g/mol. The molecule has 1 aromatic rings. The highest BCUT2D eigenvalue weighted by atomic mass is 79.9. The molecule has 0 saturated heterocycles. The average Bonchev–Trinajstić information content (AvgIpc) is 2.26. The zero-order valence-corrected chi connectivity index (χ0v) is 12.1.